The molecule has 0 heterocycles. The van der Waals surface area contributed by atoms with Crippen molar-refractivity contribution in [2.45, 2.75) is 26.3 Å². The fourth-order valence-corrected chi connectivity index (χ4v) is 2.24. The number of amides is 1. The molecule has 0 aliphatic carbocycles. The van der Waals surface area contributed by atoms with Crippen LogP contribution in [0.4, 0.5) is 0 Å². The summed E-state index contributed by atoms with van der Waals surface area (Å²) in [6.45, 7) is 3.99. The Balaban J connectivity index is 1.95. The summed E-state index contributed by atoms with van der Waals surface area (Å²) < 4.78 is 0. The van der Waals surface area contributed by atoms with Crippen LogP contribution in [0.15, 0.2) is 48.5 Å². The summed E-state index contributed by atoms with van der Waals surface area (Å²) in [5, 5.41) is 3.67. The van der Waals surface area contributed by atoms with E-state index in [1.54, 1.807) is 0 Å². The number of halogens is 1. The lowest BCUT2D eigenvalue weighted by Gasteiger charge is -2.14. The van der Waals surface area contributed by atoms with E-state index in [1.165, 1.54) is 5.56 Å². The van der Waals surface area contributed by atoms with E-state index in [9.17, 15) is 4.79 Å². The Kier molecular flexibility index (Phi) is 4.80. The lowest BCUT2D eigenvalue weighted by atomic mass is 10.1. The highest BCUT2D eigenvalue weighted by atomic mass is 35.5. The molecular weight excluding hydrogens is 270 g/mol. The number of nitrogens with one attached hydrogen (secondary N) is 1. The second-order valence-corrected chi connectivity index (χ2v) is 5.44. The van der Waals surface area contributed by atoms with Crippen LogP contribution in [0.25, 0.3) is 0 Å². The molecule has 2 rings (SSSR count). The molecule has 0 saturated carbocycles. The molecule has 3 heteroatoms. The molecule has 0 saturated heterocycles. The van der Waals surface area contributed by atoms with Crippen molar-refractivity contribution in [2.75, 3.05) is 0 Å². The molecule has 2 nitrogen and oxygen atoms in total. The number of hydrogen-bond donors (Lipinski definition) is 1. The van der Waals surface area contributed by atoms with Gasteiger partial charge in [0.05, 0.1) is 12.5 Å². The topological polar surface area (TPSA) is 29.1 Å². The summed E-state index contributed by atoms with van der Waals surface area (Å²) in [6, 6.07) is 15.5. The molecule has 2 aromatic carbocycles. The molecule has 1 N–H and O–H groups in total. The second kappa shape index (κ2) is 6.58. The van der Waals surface area contributed by atoms with Crippen molar-refractivity contribution in [3.63, 3.8) is 0 Å². The lowest BCUT2D eigenvalue weighted by Crippen LogP contribution is -2.28. The van der Waals surface area contributed by atoms with Crippen LogP contribution in [0.2, 0.25) is 5.02 Å². The Morgan fingerprint density at radius 3 is 2.55 bits per heavy atom. The summed E-state index contributed by atoms with van der Waals surface area (Å²) in [5.41, 5.74) is 3.22. The predicted molar refractivity (Wildman–Crippen MR) is 82.9 cm³/mol. The fourth-order valence-electron chi connectivity index (χ4n) is 2.04. The van der Waals surface area contributed by atoms with Gasteiger partial charge in [-0.25, -0.2) is 0 Å². The molecule has 1 atom stereocenters. The van der Waals surface area contributed by atoms with Crippen LogP contribution in [-0.2, 0) is 11.2 Å². The second-order valence-electron chi connectivity index (χ2n) is 5.01. The van der Waals surface area contributed by atoms with E-state index < -0.39 is 0 Å². The molecular formula is C17H18ClNO. The number of carbonyl (C=O) groups is 1. The summed E-state index contributed by atoms with van der Waals surface area (Å²) >= 11 is 5.96. The molecule has 2 aromatic rings. The summed E-state index contributed by atoms with van der Waals surface area (Å²) in [6.07, 6.45) is 0.394. The van der Waals surface area contributed by atoms with Gasteiger partial charge < -0.3 is 5.32 Å². The van der Waals surface area contributed by atoms with Crippen molar-refractivity contribution in [2.24, 2.45) is 0 Å². The number of carbonyl (C=O) groups excluding carboxylic acids is 1. The third-order valence-electron chi connectivity index (χ3n) is 3.21. The van der Waals surface area contributed by atoms with E-state index in [4.69, 9.17) is 11.6 Å². The van der Waals surface area contributed by atoms with Crippen LogP contribution in [0, 0.1) is 6.92 Å². The highest BCUT2D eigenvalue weighted by molar-refractivity contribution is 6.30. The minimum atomic E-state index is -0.0494. The van der Waals surface area contributed by atoms with Crippen LogP contribution in [0.5, 0.6) is 0 Å². The largest absolute Gasteiger partial charge is 0.349 e. The van der Waals surface area contributed by atoms with E-state index in [0.29, 0.717) is 11.4 Å². The van der Waals surface area contributed by atoms with E-state index in [0.717, 1.165) is 11.1 Å². The van der Waals surface area contributed by atoms with Crippen LogP contribution < -0.4 is 5.32 Å². The number of rotatable bonds is 4. The zero-order valence-corrected chi connectivity index (χ0v) is 12.4. The third kappa shape index (κ3) is 4.10. The van der Waals surface area contributed by atoms with Crippen molar-refractivity contribution >= 4 is 17.5 Å². The van der Waals surface area contributed by atoms with Gasteiger partial charge in [-0.15, -0.1) is 0 Å². The molecule has 0 bridgehead atoms. The van der Waals surface area contributed by atoms with Gasteiger partial charge in [0.2, 0.25) is 5.91 Å². The first-order chi connectivity index (χ1) is 9.54. The average Bonchev–Trinajstić information content (AvgIpc) is 2.41. The van der Waals surface area contributed by atoms with Gasteiger partial charge in [-0.1, -0.05) is 53.6 Å². The maximum Gasteiger partial charge on any atom is 0.224 e. The van der Waals surface area contributed by atoms with Crippen molar-refractivity contribution in [1.82, 2.24) is 5.32 Å². The van der Waals surface area contributed by atoms with Crippen molar-refractivity contribution in [3.05, 3.63) is 70.2 Å². The highest BCUT2D eigenvalue weighted by Gasteiger charge is 2.10. The average molecular weight is 288 g/mol. The van der Waals surface area contributed by atoms with Gasteiger partial charge in [0.25, 0.3) is 0 Å². The maximum absolute atomic E-state index is 12.0. The Hall–Kier alpha value is -1.80. The molecule has 104 valence electrons. The van der Waals surface area contributed by atoms with Crippen molar-refractivity contribution in [1.29, 1.82) is 0 Å². The van der Waals surface area contributed by atoms with Gasteiger partial charge in [-0.05, 0) is 37.1 Å². The van der Waals surface area contributed by atoms with Crippen LogP contribution >= 0.6 is 11.6 Å². The number of benzene rings is 2. The minimum absolute atomic E-state index is 0.0151. The molecule has 0 fully saturated rings. The Morgan fingerprint density at radius 2 is 1.90 bits per heavy atom. The third-order valence-corrected chi connectivity index (χ3v) is 3.45. The number of aryl methyl sites for hydroxylation is 1. The summed E-state index contributed by atoms with van der Waals surface area (Å²) in [5.74, 6) is 0.0151. The summed E-state index contributed by atoms with van der Waals surface area (Å²) in [4.78, 5) is 12.0. The van der Waals surface area contributed by atoms with Gasteiger partial charge in [0.15, 0.2) is 0 Å². The number of hydrogen-bond acceptors (Lipinski definition) is 1. The monoisotopic (exact) mass is 287 g/mol. The molecule has 0 unspecified atom stereocenters. The Bertz CT molecular complexity index is 592. The normalized spacial score (nSPS) is 11.9. The summed E-state index contributed by atoms with van der Waals surface area (Å²) in [7, 11) is 0. The standard InChI is InChI=1S/C17H18ClNO/c1-12-6-8-14(9-7-12)10-17(20)19-13(2)15-4-3-5-16(18)11-15/h3-9,11,13H,10H2,1-2H3,(H,19,20)/t13-/m1/s1. The lowest BCUT2D eigenvalue weighted by molar-refractivity contribution is -0.121. The highest BCUT2D eigenvalue weighted by Crippen LogP contribution is 2.17. The zero-order chi connectivity index (χ0) is 14.5. The molecule has 0 spiro atoms. The van der Waals surface area contributed by atoms with Crippen LogP contribution in [0.1, 0.15) is 29.7 Å². The van der Waals surface area contributed by atoms with E-state index in [-0.39, 0.29) is 11.9 Å². The van der Waals surface area contributed by atoms with Gasteiger partial charge in [0.1, 0.15) is 0 Å². The SMILES string of the molecule is Cc1ccc(CC(=O)N[C@H](C)c2cccc(Cl)c2)cc1. The minimum Gasteiger partial charge on any atom is -0.349 e. The zero-order valence-electron chi connectivity index (χ0n) is 11.7. The quantitative estimate of drug-likeness (QED) is 0.902. The van der Waals surface area contributed by atoms with Gasteiger partial charge in [0, 0.05) is 5.02 Å². The van der Waals surface area contributed by atoms with E-state index in [2.05, 4.69) is 5.32 Å². The van der Waals surface area contributed by atoms with Crippen LogP contribution in [0.3, 0.4) is 0 Å². The van der Waals surface area contributed by atoms with Crippen molar-refractivity contribution in [3.8, 4) is 0 Å². The first-order valence-corrected chi connectivity index (χ1v) is 7.03. The maximum atomic E-state index is 12.0. The molecule has 1 amide bonds. The smallest absolute Gasteiger partial charge is 0.224 e. The van der Waals surface area contributed by atoms with Crippen LogP contribution in [-0.4, -0.2) is 5.91 Å². The van der Waals surface area contributed by atoms with E-state index >= 15 is 0 Å². The fraction of sp³-hybridized carbons (Fsp3) is 0.235. The van der Waals surface area contributed by atoms with Gasteiger partial charge in [-0.2, -0.15) is 0 Å². The van der Waals surface area contributed by atoms with E-state index in [1.807, 2.05) is 62.4 Å². The molecule has 0 aliphatic rings. The van der Waals surface area contributed by atoms with Crippen molar-refractivity contribution < 1.29 is 4.79 Å². The molecule has 0 aromatic heterocycles. The Morgan fingerprint density at radius 1 is 1.20 bits per heavy atom. The Labute approximate surface area is 124 Å². The molecule has 20 heavy (non-hydrogen) atoms. The predicted octanol–water partition coefficient (Wildman–Crippen LogP) is 4.07. The van der Waals surface area contributed by atoms with Gasteiger partial charge in [-0.3, -0.25) is 4.79 Å². The first kappa shape index (κ1) is 14.6. The first-order valence-electron chi connectivity index (χ1n) is 6.65. The molecule has 0 radical (unpaired) electrons. The molecule has 0 aliphatic heterocycles. The van der Waals surface area contributed by atoms with Gasteiger partial charge >= 0.3 is 0 Å².